The summed E-state index contributed by atoms with van der Waals surface area (Å²) in [6.45, 7) is 0. The third kappa shape index (κ3) is 2.68. The second-order valence-corrected chi connectivity index (χ2v) is 4.22. The van der Waals surface area contributed by atoms with Crippen LogP contribution in [0.4, 0.5) is 5.69 Å². The number of nitrogens with zero attached hydrogens (tertiary/aromatic N) is 2. The summed E-state index contributed by atoms with van der Waals surface area (Å²) in [5.41, 5.74) is 1.08. The van der Waals surface area contributed by atoms with Gasteiger partial charge in [-0.1, -0.05) is 17.7 Å². The number of carbonyl (C=O) groups excluding carboxylic acids is 2. The van der Waals surface area contributed by atoms with Gasteiger partial charge >= 0.3 is 5.97 Å². The standard InChI is InChI=1S/C12H11ClN2O3/c1-18-12(17)7-9-6-11(16)15(14-9)10-4-2-3-8(13)5-10/h2-5H,6-7H2,1H3. The van der Waals surface area contributed by atoms with Crippen molar-refractivity contribution < 1.29 is 14.3 Å². The Labute approximate surface area is 109 Å². The topological polar surface area (TPSA) is 59.0 Å². The normalized spacial score (nSPS) is 14.7. The first-order valence-electron chi connectivity index (χ1n) is 5.32. The van der Waals surface area contributed by atoms with Crippen LogP contribution in [-0.4, -0.2) is 24.7 Å². The third-order valence-electron chi connectivity index (χ3n) is 2.46. The molecule has 1 heterocycles. The van der Waals surface area contributed by atoms with Crippen molar-refractivity contribution in [2.75, 3.05) is 12.1 Å². The Bertz CT molecular complexity index is 528. The van der Waals surface area contributed by atoms with Gasteiger partial charge in [-0.2, -0.15) is 5.10 Å². The molecule has 1 aromatic carbocycles. The molecule has 0 spiro atoms. The maximum absolute atomic E-state index is 11.8. The minimum absolute atomic E-state index is 0.0271. The van der Waals surface area contributed by atoms with E-state index in [0.717, 1.165) is 0 Å². The monoisotopic (exact) mass is 266 g/mol. The van der Waals surface area contributed by atoms with Crippen LogP contribution in [0.1, 0.15) is 12.8 Å². The summed E-state index contributed by atoms with van der Waals surface area (Å²) < 4.78 is 4.54. The molecule has 0 radical (unpaired) electrons. The van der Waals surface area contributed by atoms with Crippen LogP contribution < -0.4 is 5.01 Å². The van der Waals surface area contributed by atoms with Gasteiger partial charge in [0.05, 0.1) is 31.4 Å². The predicted octanol–water partition coefficient (Wildman–Crippen LogP) is 2.00. The minimum Gasteiger partial charge on any atom is -0.469 e. The molecule has 94 valence electrons. The fourth-order valence-corrected chi connectivity index (χ4v) is 1.81. The van der Waals surface area contributed by atoms with Gasteiger partial charge in [-0.15, -0.1) is 0 Å². The molecule has 18 heavy (non-hydrogen) atoms. The van der Waals surface area contributed by atoms with Crippen LogP contribution in [0.25, 0.3) is 0 Å². The lowest BCUT2D eigenvalue weighted by Crippen LogP contribution is -2.19. The zero-order valence-corrected chi connectivity index (χ0v) is 10.5. The molecule has 1 aliphatic heterocycles. The van der Waals surface area contributed by atoms with Crippen molar-refractivity contribution >= 4 is 34.9 Å². The molecular weight excluding hydrogens is 256 g/mol. The van der Waals surface area contributed by atoms with Gasteiger partial charge < -0.3 is 4.74 Å². The lowest BCUT2D eigenvalue weighted by Gasteiger charge is -2.11. The fourth-order valence-electron chi connectivity index (χ4n) is 1.63. The number of rotatable bonds is 3. The lowest BCUT2D eigenvalue weighted by atomic mass is 10.2. The number of hydrazone groups is 1. The number of amides is 1. The van der Waals surface area contributed by atoms with E-state index in [1.165, 1.54) is 12.1 Å². The Balaban J connectivity index is 2.19. The summed E-state index contributed by atoms with van der Waals surface area (Å²) in [5.74, 6) is -0.592. The fraction of sp³-hybridized carbons (Fsp3) is 0.250. The van der Waals surface area contributed by atoms with E-state index in [1.54, 1.807) is 24.3 Å². The van der Waals surface area contributed by atoms with Gasteiger partial charge in [-0.3, -0.25) is 9.59 Å². The van der Waals surface area contributed by atoms with Crippen LogP contribution in [-0.2, 0) is 14.3 Å². The molecule has 5 nitrogen and oxygen atoms in total. The molecule has 0 bridgehead atoms. The number of ether oxygens (including phenoxy) is 1. The van der Waals surface area contributed by atoms with Crippen molar-refractivity contribution in [1.82, 2.24) is 0 Å². The van der Waals surface area contributed by atoms with E-state index in [4.69, 9.17) is 11.6 Å². The average molecular weight is 267 g/mol. The van der Waals surface area contributed by atoms with Gasteiger partial charge in [0, 0.05) is 5.02 Å². The first-order chi connectivity index (χ1) is 8.60. The molecule has 2 rings (SSSR count). The third-order valence-corrected chi connectivity index (χ3v) is 2.70. The highest BCUT2D eigenvalue weighted by molar-refractivity contribution is 6.31. The average Bonchev–Trinajstić information content (AvgIpc) is 2.70. The van der Waals surface area contributed by atoms with E-state index < -0.39 is 5.97 Å². The molecule has 0 N–H and O–H groups in total. The zero-order chi connectivity index (χ0) is 13.1. The van der Waals surface area contributed by atoms with Crippen molar-refractivity contribution in [3.05, 3.63) is 29.3 Å². The van der Waals surface area contributed by atoms with E-state index >= 15 is 0 Å². The molecule has 1 aromatic rings. The predicted molar refractivity (Wildman–Crippen MR) is 67.6 cm³/mol. The molecule has 0 aromatic heterocycles. The Morgan fingerprint density at radius 3 is 3.00 bits per heavy atom. The summed E-state index contributed by atoms with van der Waals surface area (Å²) >= 11 is 5.85. The van der Waals surface area contributed by atoms with Gasteiger partial charge in [0.15, 0.2) is 0 Å². The van der Waals surface area contributed by atoms with Crippen LogP contribution in [0, 0.1) is 0 Å². The van der Waals surface area contributed by atoms with Gasteiger partial charge in [0.1, 0.15) is 0 Å². The van der Waals surface area contributed by atoms with E-state index in [9.17, 15) is 9.59 Å². The van der Waals surface area contributed by atoms with Crippen molar-refractivity contribution in [3.8, 4) is 0 Å². The van der Waals surface area contributed by atoms with Crippen molar-refractivity contribution in [3.63, 3.8) is 0 Å². The summed E-state index contributed by atoms with van der Waals surface area (Å²) in [6.07, 6.45) is 0.154. The molecule has 0 fully saturated rings. The Morgan fingerprint density at radius 1 is 1.56 bits per heavy atom. The van der Waals surface area contributed by atoms with Gasteiger partial charge in [-0.25, -0.2) is 5.01 Å². The number of methoxy groups -OCH3 is 1. The smallest absolute Gasteiger partial charge is 0.311 e. The maximum atomic E-state index is 11.8. The number of hydrogen-bond acceptors (Lipinski definition) is 4. The van der Waals surface area contributed by atoms with E-state index in [-0.39, 0.29) is 18.7 Å². The van der Waals surface area contributed by atoms with E-state index in [1.807, 2.05) is 0 Å². The number of esters is 1. The first-order valence-corrected chi connectivity index (χ1v) is 5.69. The van der Waals surface area contributed by atoms with Crippen LogP contribution in [0.5, 0.6) is 0 Å². The number of benzene rings is 1. The second kappa shape index (κ2) is 5.18. The molecule has 1 amide bonds. The summed E-state index contributed by atoms with van der Waals surface area (Å²) in [6, 6.07) is 6.82. The molecule has 0 unspecified atom stereocenters. The molecule has 0 saturated carbocycles. The lowest BCUT2D eigenvalue weighted by molar-refractivity contribution is -0.139. The van der Waals surface area contributed by atoms with Crippen LogP contribution in [0.15, 0.2) is 29.4 Å². The Hall–Kier alpha value is -1.88. The largest absolute Gasteiger partial charge is 0.469 e. The number of hydrogen-bond donors (Lipinski definition) is 0. The molecule has 0 saturated heterocycles. The van der Waals surface area contributed by atoms with Crippen molar-refractivity contribution in [2.24, 2.45) is 5.10 Å². The minimum atomic E-state index is -0.408. The molecule has 0 aliphatic carbocycles. The van der Waals surface area contributed by atoms with Gasteiger partial charge in [0.2, 0.25) is 0 Å². The highest BCUT2D eigenvalue weighted by Crippen LogP contribution is 2.24. The zero-order valence-electron chi connectivity index (χ0n) is 9.72. The molecule has 1 aliphatic rings. The van der Waals surface area contributed by atoms with Crippen molar-refractivity contribution in [1.29, 1.82) is 0 Å². The maximum Gasteiger partial charge on any atom is 0.311 e. The highest BCUT2D eigenvalue weighted by atomic mass is 35.5. The Kier molecular flexibility index (Phi) is 3.62. The van der Waals surface area contributed by atoms with E-state index in [0.29, 0.717) is 16.4 Å². The first kappa shape index (κ1) is 12.6. The SMILES string of the molecule is COC(=O)CC1=NN(c2cccc(Cl)c2)C(=O)C1. The second-order valence-electron chi connectivity index (χ2n) is 3.78. The number of carbonyl (C=O) groups is 2. The Morgan fingerprint density at radius 2 is 2.33 bits per heavy atom. The van der Waals surface area contributed by atoms with E-state index in [2.05, 4.69) is 9.84 Å². The molecule has 6 heteroatoms. The summed E-state index contributed by atoms with van der Waals surface area (Å²) in [4.78, 5) is 22.9. The highest BCUT2D eigenvalue weighted by Gasteiger charge is 2.26. The van der Waals surface area contributed by atoms with Gasteiger partial charge in [-0.05, 0) is 18.2 Å². The van der Waals surface area contributed by atoms with Gasteiger partial charge in [0.25, 0.3) is 5.91 Å². The number of halogens is 1. The summed E-state index contributed by atoms with van der Waals surface area (Å²) in [5, 5.41) is 5.89. The number of anilines is 1. The molecular formula is C12H11ClN2O3. The quantitative estimate of drug-likeness (QED) is 0.786. The van der Waals surface area contributed by atoms with Crippen LogP contribution >= 0.6 is 11.6 Å². The summed E-state index contributed by atoms with van der Waals surface area (Å²) in [7, 11) is 1.30. The van der Waals surface area contributed by atoms with Crippen LogP contribution in [0.3, 0.4) is 0 Å². The molecule has 0 atom stereocenters. The van der Waals surface area contributed by atoms with Crippen molar-refractivity contribution in [2.45, 2.75) is 12.8 Å². The van der Waals surface area contributed by atoms with Crippen LogP contribution in [0.2, 0.25) is 5.02 Å².